The quantitative estimate of drug-likeness (QED) is 0.347. The number of benzene rings is 3. The molecule has 0 unspecified atom stereocenters. The number of hydrogen-bond acceptors (Lipinski definition) is 5. The second-order valence-corrected chi connectivity index (χ2v) is 8.57. The molecule has 5 nitrogen and oxygen atoms in total. The van der Waals surface area contributed by atoms with Gasteiger partial charge in [0.25, 0.3) is 5.56 Å². The second kappa shape index (κ2) is 8.42. The van der Waals surface area contributed by atoms with Gasteiger partial charge in [0.1, 0.15) is 16.1 Å². The summed E-state index contributed by atoms with van der Waals surface area (Å²) in [7, 11) is 0. The van der Waals surface area contributed by atoms with E-state index >= 15 is 0 Å². The zero-order chi connectivity index (χ0) is 24.0. The summed E-state index contributed by atoms with van der Waals surface area (Å²) >= 11 is 0.907. The summed E-state index contributed by atoms with van der Waals surface area (Å²) in [5, 5.41) is 10.6. The van der Waals surface area contributed by atoms with Crippen molar-refractivity contribution in [1.82, 2.24) is 4.57 Å². The monoisotopic (exact) mass is 481 g/mol. The fraction of sp³-hybridized carbons (Fsp3) is 0.0400. The Bertz CT molecular complexity index is 1680. The van der Waals surface area contributed by atoms with Crippen LogP contribution in [-0.2, 0) is 6.54 Å². The molecule has 170 valence electrons. The number of nitrogens with zero attached hydrogens (tertiary/aromatic N) is 1. The molecule has 0 aliphatic carbocycles. The molecule has 3 aromatic carbocycles. The summed E-state index contributed by atoms with van der Waals surface area (Å²) in [6.45, 7) is -0.129. The predicted octanol–water partition coefficient (Wildman–Crippen LogP) is 5.43. The molecule has 0 atom stereocenters. The van der Waals surface area contributed by atoms with Crippen LogP contribution in [0, 0.1) is 17.5 Å². The first-order valence-corrected chi connectivity index (χ1v) is 10.8. The molecule has 34 heavy (non-hydrogen) atoms. The van der Waals surface area contributed by atoms with Gasteiger partial charge in [-0.2, -0.15) is 0 Å². The van der Waals surface area contributed by atoms with Gasteiger partial charge in [-0.15, -0.1) is 0 Å². The van der Waals surface area contributed by atoms with Crippen molar-refractivity contribution in [3.05, 3.63) is 111 Å². The number of hydrogen-bond donors (Lipinski definition) is 1. The zero-order valence-corrected chi connectivity index (χ0v) is 18.0. The Labute approximate surface area is 193 Å². The number of fused-ring (bicyclic) bond motifs is 3. The Kier molecular flexibility index (Phi) is 5.41. The molecular formula is C25H14F3NO4S. The lowest BCUT2D eigenvalue weighted by Crippen LogP contribution is -2.23. The summed E-state index contributed by atoms with van der Waals surface area (Å²) < 4.78 is 48.1. The maximum atomic E-state index is 14.2. The first-order chi connectivity index (χ1) is 16.3. The molecule has 0 spiro atoms. The van der Waals surface area contributed by atoms with Gasteiger partial charge in [-0.05, 0) is 35.9 Å². The lowest BCUT2D eigenvalue weighted by molar-refractivity contribution is 0.446. The highest BCUT2D eigenvalue weighted by Crippen LogP contribution is 2.37. The van der Waals surface area contributed by atoms with Crippen LogP contribution in [0.25, 0.3) is 21.9 Å². The topological polar surface area (TPSA) is 72.4 Å². The third-order valence-electron chi connectivity index (χ3n) is 5.31. The lowest BCUT2D eigenvalue weighted by Gasteiger charge is -2.14. The van der Waals surface area contributed by atoms with E-state index in [0.717, 1.165) is 28.5 Å². The highest BCUT2D eigenvalue weighted by molar-refractivity contribution is 7.99. The Morgan fingerprint density at radius 2 is 1.59 bits per heavy atom. The maximum Gasteiger partial charge on any atom is 0.354 e. The molecule has 0 fully saturated rings. The predicted molar refractivity (Wildman–Crippen MR) is 122 cm³/mol. The molecule has 2 heterocycles. The average molecular weight is 481 g/mol. The molecule has 0 amide bonds. The summed E-state index contributed by atoms with van der Waals surface area (Å²) in [5.41, 5.74) is -1.61. The molecule has 1 N–H and O–H groups in total. The number of rotatable bonds is 4. The molecule has 5 rings (SSSR count). The number of halogens is 3. The smallest absolute Gasteiger partial charge is 0.354 e. The maximum absolute atomic E-state index is 14.2. The van der Waals surface area contributed by atoms with Crippen LogP contribution in [0.15, 0.2) is 90.5 Å². The van der Waals surface area contributed by atoms with Crippen LogP contribution in [0.5, 0.6) is 5.75 Å². The summed E-state index contributed by atoms with van der Waals surface area (Å²) in [4.78, 5) is 26.6. The van der Waals surface area contributed by atoms with Crippen LogP contribution < -0.4 is 11.2 Å². The minimum absolute atomic E-state index is 0.0493. The molecule has 0 radical (unpaired) electrons. The van der Waals surface area contributed by atoms with E-state index in [-0.39, 0.29) is 33.3 Å². The molecule has 0 bridgehead atoms. The fourth-order valence-electron chi connectivity index (χ4n) is 3.71. The largest absolute Gasteiger partial charge is 0.505 e. The van der Waals surface area contributed by atoms with E-state index in [1.54, 1.807) is 30.3 Å². The van der Waals surface area contributed by atoms with Crippen LogP contribution in [0.4, 0.5) is 13.2 Å². The Morgan fingerprint density at radius 1 is 0.912 bits per heavy atom. The first kappa shape index (κ1) is 21.8. The van der Waals surface area contributed by atoms with Crippen molar-refractivity contribution in [2.75, 3.05) is 0 Å². The zero-order valence-electron chi connectivity index (χ0n) is 17.2. The van der Waals surface area contributed by atoms with Gasteiger partial charge in [0.15, 0.2) is 23.0 Å². The van der Waals surface area contributed by atoms with Crippen molar-refractivity contribution in [3.8, 4) is 5.75 Å². The Morgan fingerprint density at radius 3 is 2.29 bits per heavy atom. The van der Waals surface area contributed by atoms with E-state index in [1.165, 1.54) is 24.3 Å². The highest BCUT2D eigenvalue weighted by Gasteiger charge is 2.23. The van der Waals surface area contributed by atoms with E-state index in [1.807, 2.05) is 0 Å². The molecule has 9 heteroatoms. The molecule has 0 aliphatic heterocycles. The molecule has 0 saturated heterocycles. The van der Waals surface area contributed by atoms with Crippen LogP contribution in [0.3, 0.4) is 0 Å². The van der Waals surface area contributed by atoms with Gasteiger partial charge in [0.2, 0.25) is 0 Å². The fourth-order valence-corrected chi connectivity index (χ4v) is 4.56. The second-order valence-electron chi connectivity index (χ2n) is 7.49. The third kappa shape index (κ3) is 3.73. The van der Waals surface area contributed by atoms with Gasteiger partial charge in [-0.25, -0.2) is 18.0 Å². The van der Waals surface area contributed by atoms with Gasteiger partial charge in [0.05, 0.1) is 12.1 Å². The number of aromatic hydroxyl groups is 1. The number of pyridine rings is 1. The van der Waals surface area contributed by atoms with Gasteiger partial charge >= 0.3 is 5.63 Å². The Hall–Kier alpha value is -3.98. The van der Waals surface area contributed by atoms with Gasteiger partial charge in [-0.1, -0.05) is 42.1 Å². The van der Waals surface area contributed by atoms with Crippen molar-refractivity contribution >= 4 is 33.6 Å². The molecular weight excluding hydrogens is 467 g/mol. The van der Waals surface area contributed by atoms with Crippen molar-refractivity contribution in [1.29, 1.82) is 0 Å². The normalized spacial score (nSPS) is 11.4. The SMILES string of the molecule is O=c1oc2c(c(O)c1Sc1ccccc1)c(=O)n(Cc1ccc(F)cc1)c1cc(F)c(F)cc21. The third-order valence-corrected chi connectivity index (χ3v) is 6.38. The van der Waals surface area contributed by atoms with Gasteiger partial charge in [0, 0.05) is 16.3 Å². The first-order valence-electron chi connectivity index (χ1n) is 10.0. The molecule has 0 saturated carbocycles. The minimum Gasteiger partial charge on any atom is -0.505 e. The highest BCUT2D eigenvalue weighted by atomic mass is 32.2. The standard InChI is InChI=1S/C25H14F3NO4S/c26-14-8-6-13(7-9-14)12-29-19-11-18(28)17(27)10-16(19)22-20(24(29)31)21(30)23(25(32)33-22)34-15-4-2-1-3-5-15/h1-11,30H,12H2. The van der Waals surface area contributed by atoms with Crippen LogP contribution in [-0.4, -0.2) is 9.67 Å². The molecule has 5 aromatic rings. The van der Waals surface area contributed by atoms with E-state index in [0.29, 0.717) is 10.5 Å². The van der Waals surface area contributed by atoms with Crippen molar-refractivity contribution in [2.24, 2.45) is 0 Å². The Balaban J connectivity index is 1.83. The van der Waals surface area contributed by atoms with Gasteiger partial charge in [-0.3, -0.25) is 4.79 Å². The van der Waals surface area contributed by atoms with Crippen molar-refractivity contribution < 1.29 is 22.7 Å². The average Bonchev–Trinajstić information content (AvgIpc) is 2.82. The van der Waals surface area contributed by atoms with Crippen LogP contribution in [0.1, 0.15) is 5.56 Å². The summed E-state index contributed by atoms with van der Waals surface area (Å²) in [6.07, 6.45) is 0. The summed E-state index contributed by atoms with van der Waals surface area (Å²) in [6, 6.07) is 15.6. The van der Waals surface area contributed by atoms with E-state index in [4.69, 9.17) is 4.42 Å². The van der Waals surface area contributed by atoms with Crippen LogP contribution >= 0.6 is 11.8 Å². The molecule has 0 aliphatic rings. The van der Waals surface area contributed by atoms with E-state index in [2.05, 4.69) is 0 Å². The van der Waals surface area contributed by atoms with Gasteiger partial charge < -0.3 is 14.1 Å². The van der Waals surface area contributed by atoms with E-state index < -0.39 is 34.4 Å². The number of aromatic nitrogens is 1. The van der Waals surface area contributed by atoms with Crippen molar-refractivity contribution in [2.45, 2.75) is 16.3 Å². The van der Waals surface area contributed by atoms with Crippen molar-refractivity contribution in [3.63, 3.8) is 0 Å². The minimum atomic E-state index is -1.22. The lowest BCUT2D eigenvalue weighted by atomic mass is 10.1. The summed E-state index contributed by atoms with van der Waals surface area (Å²) in [5.74, 6) is -3.52. The van der Waals surface area contributed by atoms with E-state index in [9.17, 15) is 27.9 Å². The molecule has 2 aromatic heterocycles. The van der Waals surface area contributed by atoms with Crippen LogP contribution in [0.2, 0.25) is 0 Å².